The molecule has 1 rings (SSSR count). The average Bonchev–Trinajstić information content (AvgIpc) is 2.49. The highest BCUT2D eigenvalue weighted by Gasteiger charge is 2.07. The lowest BCUT2D eigenvalue weighted by Gasteiger charge is -2.16. The van der Waals surface area contributed by atoms with E-state index in [-0.39, 0.29) is 5.91 Å². The summed E-state index contributed by atoms with van der Waals surface area (Å²) in [5, 5.41) is 0. The molecule has 4 nitrogen and oxygen atoms in total. The van der Waals surface area contributed by atoms with Gasteiger partial charge in [0.25, 0.3) is 0 Å². The highest BCUT2D eigenvalue weighted by Crippen LogP contribution is 2.17. The van der Waals surface area contributed by atoms with Gasteiger partial charge >= 0.3 is 0 Å². The van der Waals surface area contributed by atoms with Crippen LogP contribution >= 0.6 is 0 Å². The lowest BCUT2D eigenvalue weighted by molar-refractivity contribution is -0.130. The normalized spacial score (nSPS) is 10.2. The molecule has 1 amide bonds. The molecule has 0 aliphatic carbocycles. The van der Waals surface area contributed by atoms with Gasteiger partial charge in [0.15, 0.2) is 0 Å². The van der Waals surface area contributed by atoms with E-state index in [0.717, 1.165) is 37.3 Å². The van der Waals surface area contributed by atoms with Gasteiger partial charge in [-0.2, -0.15) is 0 Å². The van der Waals surface area contributed by atoms with Crippen molar-refractivity contribution in [3.05, 3.63) is 24.3 Å². The van der Waals surface area contributed by atoms with Crippen molar-refractivity contribution in [1.82, 2.24) is 4.90 Å². The van der Waals surface area contributed by atoms with E-state index in [9.17, 15) is 4.79 Å². The molecular weight excluding hydrogens is 254 g/mol. The van der Waals surface area contributed by atoms with Crippen molar-refractivity contribution in [2.45, 2.75) is 32.6 Å². The Morgan fingerprint density at radius 3 is 2.40 bits per heavy atom. The van der Waals surface area contributed by atoms with Crippen LogP contribution in [0.25, 0.3) is 0 Å². The molecule has 0 atom stereocenters. The zero-order valence-electron chi connectivity index (χ0n) is 12.7. The number of carbonyl (C=O) groups excluding carboxylic acids is 1. The van der Waals surface area contributed by atoms with Gasteiger partial charge in [-0.15, -0.1) is 0 Å². The molecule has 112 valence electrons. The zero-order chi connectivity index (χ0) is 14.8. The lowest BCUT2D eigenvalue weighted by atomic mass is 10.2. The molecule has 0 N–H and O–H groups in total. The van der Waals surface area contributed by atoms with Crippen LogP contribution in [0.5, 0.6) is 11.5 Å². The molecule has 0 aromatic heterocycles. The Kier molecular flexibility index (Phi) is 7.55. The summed E-state index contributed by atoms with van der Waals surface area (Å²) in [6.07, 6.45) is 3.44. The van der Waals surface area contributed by atoms with Crippen molar-refractivity contribution in [2.75, 3.05) is 27.3 Å². The fourth-order valence-corrected chi connectivity index (χ4v) is 1.80. The largest absolute Gasteiger partial charge is 0.497 e. The van der Waals surface area contributed by atoms with E-state index in [2.05, 4.69) is 6.92 Å². The second-order valence-electron chi connectivity index (χ2n) is 4.80. The van der Waals surface area contributed by atoms with E-state index >= 15 is 0 Å². The first-order valence-electron chi connectivity index (χ1n) is 7.18. The molecule has 20 heavy (non-hydrogen) atoms. The Labute approximate surface area is 121 Å². The minimum atomic E-state index is 0.191. The minimum absolute atomic E-state index is 0.191. The van der Waals surface area contributed by atoms with Gasteiger partial charge in [0.05, 0.1) is 13.7 Å². The number of unbranched alkanes of at least 4 members (excludes halogenated alkanes) is 1. The van der Waals surface area contributed by atoms with E-state index in [0.29, 0.717) is 13.0 Å². The predicted octanol–water partition coefficient (Wildman–Crippen LogP) is 3.11. The van der Waals surface area contributed by atoms with Crippen LogP contribution in [0.4, 0.5) is 0 Å². The van der Waals surface area contributed by atoms with Gasteiger partial charge in [-0.25, -0.2) is 0 Å². The second kappa shape index (κ2) is 9.23. The summed E-state index contributed by atoms with van der Waals surface area (Å²) in [5.74, 6) is 1.81. The number of rotatable bonds is 9. The second-order valence-corrected chi connectivity index (χ2v) is 4.80. The number of amides is 1. The van der Waals surface area contributed by atoms with Gasteiger partial charge in [0, 0.05) is 20.0 Å². The van der Waals surface area contributed by atoms with Crippen LogP contribution in [0.2, 0.25) is 0 Å². The van der Waals surface area contributed by atoms with Gasteiger partial charge in [0.2, 0.25) is 5.91 Å². The average molecular weight is 279 g/mol. The van der Waals surface area contributed by atoms with Crippen LogP contribution in [0.15, 0.2) is 24.3 Å². The third-order valence-corrected chi connectivity index (χ3v) is 3.14. The van der Waals surface area contributed by atoms with Crippen molar-refractivity contribution in [3.8, 4) is 11.5 Å². The molecule has 0 spiro atoms. The maximum absolute atomic E-state index is 11.8. The lowest BCUT2D eigenvalue weighted by Crippen LogP contribution is -2.27. The van der Waals surface area contributed by atoms with E-state index in [4.69, 9.17) is 9.47 Å². The number of benzene rings is 1. The van der Waals surface area contributed by atoms with Crippen LogP contribution < -0.4 is 9.47 Å². The van der Waals surface area contributed by atoms with E-state index in [1.54, 1.807) is 12.0 Å². The Hall–Kier alpha value is -1.71. The Morgan fingerprint density at radius 2 is 1.80 bits per heavy atom. The maximum atomic E-state index is 11.8. The number of methoxy groups -OCH3 is 1. The Balaban J connectivity index is 2.18. The molecule has 0 unspecified atom stereocenters. The van der Waals surface area contributed by atoms with E-state index in [1.165, 1.54) is 0 Å². The number of hydrogen-bond acceptors (Lipinski definition) is 3. The molecular formula is C16H25NO3. The maximum Gasteiger partial charge on any atom is 0.222 e. The highest BCUT2D eigenvalue weighted by atomic mass is 16.5. The van der Waals surface area contributed by atoms with Crippen LogP contribution in [0, 0.1) is 0 Å². The molecule has 0 heterocycles. The minimum Gasteiger partial charge on any atom is -0.497 e. The first-order valence-corrected chi connectivity index (χ1v) is 7.18. The number of carbonyl (C=O) groups is 1. The highest BCUT2D eigenvalue weighted by molar-refractivity contribution is 5.75. The fourth-order valence-electron chi connectivity index (χ4n) is 1.80. The molecule has 0 saturated heterocycles. The number of hydrogen-bond donors (Lipinski definition) is 0. The predicted molar refractivity (Wildman–Crippen MR) is 80.3 cm³/mol. The van der Waals surface area contributed by atoms with Crippen molar-refractivity contribution in [1.29, 1.82) is 0 Å². The molecule has 0 saturated carbocycles. The first-order chi connectivity index (χ1) is 9.67. The fraction of sp³-hybridized carbons (Fsp3) is 0.562. The molecule has 4 heteroatoms. The van der Waals surface area contributed by atoms with Gasteiger partial charge in [-0.05, 0) is 37.1 Å². The molecule has 0 radical (unpaired) electrons. The molecule has 1 aromatic carbocycles. The van der Waals surface area contributed by atoms with Crippen LogP contribution in [-0.4, -0.2) is 38.1 Å². The summed E-state index contributed by atoms with van der Waals surface area (Å²) in [7, 11) is 3.50. The van der Waals surface area contributed by atoms with Crippen molar-refractivity contribution in [2.24, 2.45) is 0 Å². The molecule has 0 aliphatic rings. The summed E-state index contributed by atoms with van der Waals surface area (Å²) in [4.78, 5) is 13.6. The van der Waals surface area contributed by atoms with E-state index in [1.807, 2.05) is 31.3 Å². The molecule has 1 aromatic rings. The van der Waals surface area contributed by atoms with Gasteiger partial charge in [-0.1, -0.05) is 13.3 Å². The zero-order valence-corrected chi connectivity index (χ0v) is 12.7. The monoisotopic (exact) mass is 279 g/mol. The Morgan fingerprint density at radius 1 is 1.15 bits per heavy atom. The third-order valence-electron chi connectivity index (χ3n) is 3.14. The standard InChI is InChI=1S/C16H25NO3/c1-4-5-12-17(2)16(18)7-6-13-20-15-10-8-14(19-3)9-11-15/h8-11H,4-7,12-13H2,1-3H3. The van der Waals surface area contributed by atoms with Gasteiger partial charge in [-0.3, -0.25) is 4.79 Å². The van der Waals surface area contributed by atoms with Gasteiger partial charge < -0.3 is 14.4 Å². The first kappa shape index (κ1) is 16.3. The summed E-state index contributed by atoms with van der Waals surface area (Å²) in [6.45, 7) is 3.52. The smallest absolute Gasteiger partial charge is 0.222 e. The van der Waals surface area contributed by atoms with Gasteiger partial charge in [0.1, 0.15) is 11.5 Å². The summed E-state index contributed by atoms with van der Waals surface area (Å²) in [6, 6.07) is 7.46. The Bertz CT molecular complexity index is 389. The number of ether oxygens (including phenoxy) is 2. The molecule has 0 fully saturated rings. The quantitative estimate of drug-likeness (QED) is 0.652. The molecule has 0 bridgehead atoms. The van der Waals surface area contributed by atoms with E-state index < -0.39 is 0 Å². The van der Waals surface area contributed by atoms with Crippen molar-refractivity contribution >= 4 is 5.91 Å². The van der Waals surface area contributed by atoms with Crippen LogP contribution in [-0.2, 0) is 4.79 Å². The summed E-state index contributed by atoms with van der Waals surface area (Å²) < 4.78 is 10.7. The third kappa shape index (κ3) is 5.95. The summed E-state index contributed by atoms with van der Waals surface area (Å²) >= 11 is 0. The number of nitrogens with zero attached hydrogens (tertiary/aromatic N) is 1. The summed E-state index contributed by atoms with van der Waals surface area (Å²) in [5.41, 5.74) is 0. The van der Waals surface area contributed by atoms with Crippen molar-refractivity contribution < 1.29 is 14.3 Å². The van der Waals surface area contributed by atoms with Crippen LogP contribution in [0.1, 0.15) is 32.6 Å². The topological polar surface area (TPSA) is 38.8 Å². The SMILES string of the molecule is CCCCN(C)C(=O)CCCOc1ccc(OC)cc1. The van der Waals surface area contributed by atoms with Crippen LogP contribution in [0.3, 0.4) is 0 Å². The molecule has 0 aliphatic heterocycles. The van der Waals surface area contributed by atoms with Crippen molar-refractivity contribution in [3.63, 3.8) is 0 Å².